The molecule has 1 fully saturated rings. The van der Waals surface area contributed by atoms with Crippen molar-refractivity contribution in [3.05, 3.63) is 47.5 Å². The molecule has 2 heterocycles. The number of aromatic amines is 1. The molecule has 1 atom stereocenters. The van der Waals surface area contributed by atoms with Gasteiger partial charge in [-0.25, -0.2) is 4.39 Å². The molecule has 1 aliphatic rings. The maximum Gasteiger partial charge on any atom is 0.239 e. The maximum absolute atomic E-state index is 13.0. The van der Waals surface area contributed by atoms with Crippen LogP contribution < -0.4 is 10.2 Å². The number of nitrogens with one attached hydrogen (secondary N) is 2. The van der Waals surface area contributed by atoms with E-state index in [1.807, 2.05) is 6.92 Å². The first-order chi connectivity index (χ1) is 11.1. The Hall–Kier alpha value is -2.70. The average molecular weight is 316 g/mol. The van der Waals surface area contributed by atoms with Crippen LogP contribution in [0.2, 0.25) is 0 Å². The topological polar surface area (TPSA) is 78.1 Å². The fourth-order valence-electron chi connectivity index (χ4n) is 2.66. The third-order valence-electron chi connectivity index (χ3n) is 4.05. The molecule has 0 spiro atoms. The van der Waals surface area contributed by atoms with Crippen LogP contribution in [0.3, 0.4) is 0 Å². The second kappa shape index (κ2) is 6.20. The van der Waals surface area contributed by atoms with E-state index < -0.39 is 5.92 Å². The Morgan fingerprint density at radius 3 is 2.83 bits per heavy atom. The average Bonchev–Trinajstić information content (AvgIpc) is 3.12. The van der Waals surface area contributed by atoms with E-state index in [2.05, 4.69) is 15.5 Å². The van der Waals surface area contributed by atoms with Crippen molar-refractivity contribution >= 4 is 17.5 Å². The van der Waals surface area contributed by atoms with E-state index in [0.29, 0.717) is 25.2 Å². The van der Waals surface area contributed by atoms with Crippen LogP contribution in [-0.4, -0.2) is 28.6 Å². The van der Waals surface area contributed by atoms with Crippen LogP contribution in [0.15, 0.2) is 30.5 Å². The Morgan fingerprint density at radius 2 is 2.17 bits per heavy atom. The summed E-state index contributed by atoms with van der Waals surface area (Å²) in [5.74, 6) is -1.60. The number of aromatic nitrogens is 2. The summed E-state index contributed by atoms with van der Waals surface area (Å²) >= 11 is 0. The number of hydrogen-bond acceptors (Lipinski definition) is 3. The molecule has 3 rings (SSSR count). The predicted molar refractivity (Wildman–Crippen MR) is 82.0 cm³/mol. The summed E-state index contributed by atoms with van der Waals surface area (Å²) in [5.41, 5.74) is 2.38. The molecule has 1 aliphatic heterocycles. The third-order valence-corrected chi connectivity index (χ3v) is 4.05. The van der Waals surface area contributed by atoms with Crippen molar-refractivity contribution in [2.24, 2.45) is 5.92 Å². The summed E-state index contributed by atoms with van der Waals surface area (Å²) in [6.07, 6.45) is 2.10. The molecule has 0 aliphatic carbocycles. The first-order valence-electron chi connectivity index (χ1n) is 7.40. The lowest BCUT2D eigenvalue weighted by Gasteiger charge is -2.16. The molecule has 1 unspecified atom stereocenters. The van der Waals surface area contributed by atoms with Gasteiger partial charge < -0.3 is 10.2 Å². The predicted octanol–water partition coefficient (Wildman–Crippen LogP) is 1.53. The Kier molecular flexibility index (Phi) is 4.10. The fourth-order valence-corrected chi connectivity index (χ4v) is 2.66. The highest BCUT2D eigenvalue weighted by molar-refractivity contribution is 6.09. The van der Waals surface area contributed by atoms with Gasteiger partial charge in [0.05, 0.1) is 6.20 Å². The number of H-pyrrole nitrogens is 1. The minimum absolute atomic E-state index is 0.252. The van der Waals surface area contributed by atoms with Gasteiger partial charge in [0.2, 0.25) is 11.8 Å². The van der Waals surface area contributed by atoms with Crippen LogP contribution in [0.5, 0.6) is 0 Å². The van der Waals surface area contributed by atoms with Crippen molar-refractivity contribution in [2.45, 2.75) is 19.9 Å². The van der Waals surface area contributed by atoms with E-state index in [1.165, 1.54) is 17.0 Å². The molecular weight excluding hydrogens is 299 g/mol. The highest BCUT2D eigenvalue weighted by Crippen LogP contribution is 2.25. The molecule has 2 amide bonds. The van der Waals surface area contributed by atoms with Crippen molar-refractivity contribution in [3.63, 3.8) is 0 Å². The second-order valence-corrected chi connectivity index (χ2v) is 5.55. The van der Waals surface area contributed by atoms with Gasteiger partial charge in [-0.2, -0.15) is 5.10 Å². The Balaban J connectivity index is 1.63. The lowest BCUT2D eigenvalue weighted by molar-refractivity contribution is -0.132. The zero-order valence-electron chi connectivity index (χ0n) is 12.7. The number of carbonyl (C=O) groups excluding carboxylic acids is 2. The molecule has 1 saturated heterocycles. The number of aryl methyl sites for hydroxylation is 1. The summed E-state index contributed by atoms with van der Waals surface area (Å²) in [5, 5.41) is 9.46. The molecular formula is C16H17FN4O2. The number of amides is 2. The zero-order chi connectivity index (χ0) is 16.4. The van der Waals surface area contributed by atoms with Gasteiger partial charge in [-0.3, -0.25) is 14.7 Å². The molecule has 1 aromatic heterocycles. The molecule has 2 aromatic rings. The van der Waals surface area contributed by atoms with Crippen molar-refractivity contribution in [3.8, 4) is 0 Å². The van der Waals surface area contributed by atoms with Crippen molar-refractivity contribution in [1.82, 2.24) is 15.5 Å². The standard InChI is InChI=1S/C16H17FN4O2/c1-10-11(9-19-20-10)8-18-15(22)14-6-7-21(16(14)23)13-4-2-12(17)3-5-13/h2-5,9,14H,6-8H2,1H3,(H,18,22)(H,19,20). The maximum atomic E-state index is 13.0. The molecule has 0 saturated carbocycles. The Morgan fingerprint density at radius 1 is 1.43 bits per heavy atom. The quantitative estimate of drug-likeness (QED) is 0.840. The zero-order valence-corrected chi connectivity index (χ0v) is 12.7. The molecule has 1 aromatic carbocycles. The van der Waals surface area contributed by atoms with Crippen LogP contribution in [0.1, 0.15) is 17.7 Å². The van der Waals surface area contributed by atoms with Crippen LogP contribution in [0.25, 0.3) is 0 Å². The summed E-state index contributed by atoms with van der Waals surface area (Å²) in [6, 6.07) is 5.69. The number of carbonyl (C=O) groups is 2. The number of hydrogen-bond donors (Lipinski definition) is 2. The van der Waals surface area contributed by atoms with Crippen LogP contribution in [0.4, 0.5) is 10.1 Å². The van der Waals surface area contributed by atoms with Crippen LogP contribution in [0, 0.1) is 18.7 Å². The molecule has 0 radical (unpaired) electrons. The highest BCUT2D eigenvalue weighted by Gasteiger charge is 2.37. The molecule has 2 N–H and O–H groups in total. The number of nitrogens with zero attached hydrogens (tertiary/aromatic N) is 2. The van der Waals surface area contributed by atoms with E-state index in [0.717, 1.165) is 11.3 Å². The fraction of sp³-hybridized carbons (Fsp3) is 0.312. The number of anilines is 1. The van der Waals surface area contributed by atoms with Crippen molar-refractivity contribution < 1.29 is 14.0 Å². The SMILES string of the molecule is Cc1[nH]ncc1CNC(=O)C1CCN(c2ccc(F)cc2)C1=O. The smallest absolute Gasteiger partial charge is 0.239 e. The summed E-state index contributed by atoms with van der Waals surface area (Å²) < 4.78 is 13.0. The molecule has 0 bridgehead atoms. The van der Waals surface area contributed by atoms with Crippen LogP contribution in [-0.2, 0) is 16.1 Å². The summed E-state index contributed by atoms with van der Waals surface area (Å²) in [7, 11) is 0. The van der Waals surface area contributed by atoms with Crippen molar-refractivity contribution in [1.29, 1.82) is 0 Å². The second-order valence-electron chi connectivity index (χ2n) is 5.55. The minimum atomic E-state index is -0.702. The van der Waals surface area contributed by atoms with Crippen LogP contribution >= 0.6 is 0 Å². The molecule has 7 heteroatoms. The largest absolute Gasteiger partial charge is 0.351 e. The monoisotopic (exact) mass is 316 g/mol. The molecule has 6 nitrogen and oxygen atoms in total. The number of rotatable bonds is 4. The van der Waals surface area contributed by atoms with Gasteiger partial charge in [0.25, 0.3) is 0 Å². The van der Waals surface area contributed by atoms with Gasteiger partial charge in [0.1, 0.15) is 11.7 Å². The van der Waals surface area contributed by atoms with E-state index in [4.69, 9.17) is 0 Å². The summed E-state index contributed by atoms with van der Waals surface area (Å²) in [4.78, 5) is 26.2. The van der Waals surface area contributed by atoms with Gasteiger partial charge in [-0.15, -0.1) is 0 Å². The van der Waals surface area contributed by atoms with E-state index >= 15 is 0 Å². The minimum Gasteiger partial charge on any atom is -0.351 e. The van der Waals surface area contributed by atoms with Gasteiger partial charge in [0.15, 0.2) is 0 Å². The van der Waals surface area contributed by atoms with Gasteiger partial charge >= 0.3 is 0 Å². The Labute approximate surface area is 132 Å². The normalized spacial score (nSPS) is 17.6. The lowest BCUT2D eigenvalue weighted by atomic mass is 10.1. The third kappa shape index (κ3) is 3.08. The van der Waals surface area contributed by atoms with Gasteiger partial charge in [-0.05, 0) is 37.6 Å². The van der Waals surface area contributed by atoms with E-state index in [1.54, 1.807) is 18.3 Å². The van der Waals surface area contributed by atoms with E-state index in [-0.39, 0.29) is 17.6 Å². The summed E-state index contributed by atoms with van der Waals surface area (Å²) in [6.45, 7) is 2.65. The van der Waals surface area contributed by atoms with E-state index in [9.17, 15) is 14.0 Å². The van der Waals surface area contributed by atoms with Gasteiger partial charge in [-0.1, -0.05) is 0 Å². The molecule has 23 heavy (non-hydrogen) atoms. The first kappa shape index (κ1) is 15.2. The first-order valence-corrected chi connectivity index (χ1v) is 7.40. The number of benzene rings is 1. The number of halogens is 1. The lowest BCUT2D eigenvalue weighted by Crippen LogP contribution is -2.36. The molecule has 120 valence electrons. The Bertz CT molecular complexity index is 726. The highest BCUT2D eigenvalue weighted by atomic mass is 19.1. The van der Waals surface area contributed by atoms with Gasteiger partial charge in [0, 0.05) is 30.0 Å². The van der Waals surface area contributed by atoms with Crippen molar-refractivity contribution in [2.75, 3.05) is 11.4 Å².